The van der Waals surface area contributed by atoms with Gasteiger partial charge in [0.25, 0.3) is 0 Å². The summed E-state index contributed by atoms with van der Waals surface area (Å²) in [5.74, 6) is 0.0765. The number of nitrogens with two attached hydrogens (primary N) is 1. The predicted molar refractivity (Wildman–Crippen MR) is 63.3 cm³/mol. The summed E-state index contributed by atoms with van der Waals surface area (Å²) in [6, 6.07) is -1.27. The summed E-state index contributed by atoms with van der Waals surface area (Å²) in [6.07, 6.45) is 1.43. The van der Waals surface area contributed by atoms with Crippen LogP contribution in [-0.4, -0.2) is 52.0 Å². The fourth-order valence-electron chi connectivity index (χ4n) is 1.72. The average Bonchev–Trinajstić information content (AvgIpc) is 2.28. The first-order chi connectivity index (χ1) is 7.57. The molecule has 1 fully saturated rings. The van der Waals surface area contributed by atoms with Gasteiger partial charge in [-0.25, -0.2) is 4.79 Å². The minimum absolute atomic E-state index is 0.227. The average molecular weight is 246 g/mol. The Bertz CT molecular complexity index is 273. The molecular formula is C10H18N2O3S. The third kappa shape index (κ3) is 3.12. The molecule has 1 aliphatic rings. The van der Waals surface area contributed by atoms with E-state index >= 15 is 0 Å². The van der Waals surface area contributed by atoms with E-state index in [0.717, 1.165) is 12.2 Å². The van der Waals surface area contributed by atoms with Gasteiger partial charge < -0.3 is 15.7 Å². The molecule has 0 aliphatic carbocycles. The number of rotatable bonds is 4. The largest absolute Gasteiger partial charge is 0.480 e. The zero-order valence-corrected chi connectivity index (χ0v) is 10.2. The summed E-state index contributed by atoms with van der Waals surface area (Å²) in [5.41, 5.74) is 5.73. The Hall–Kier alpha value is -0.750. The second-order valence-corrected chi connectivity index (χ2v) is 5.01. The van der Waals surface area contributed by atoms with Crippen molar-refractivity contribution in [3.63, 3.8) is 0 Å². The van der Waals surface area contributed by atoms with E-state index < -0.39 is 18.1 Å². The Morgan fingerprint density at radius 3 is 2.88 bits per heavy atom. The van der Waals surface area contributed by atoms with E-state index in [-0.39, 0.29) is 5.91 Å². The molecule has 1 amide bonds. The van der Waals surface area contributed by atoms with Crippen LogP contribution >= 0.6 is 11.8 Å². The van der Waals surface area contributed by atoms with Crippen molar-refractivity contribution in [1.29, 1.82) is 0 Å². The van der Waals surface area contributed by atoms with E-state index in [1.807, 2.05) is 6.92 Å². The second-order valence-electron chi connectivity index (χ2n) is 3.86. The Balaban J connectivity index is 2.67. The van der Waals surface area contributed by atoms with Gasteiger partial charge in [0.1, 0.15) is 6.04 Å². The highest BCUT2D eigenvalue weighted by Gasteiger charge is 2.34. The first-order valence-corrected chi connectivity index (χ1v) is 6.60. The number of carbonyl (C=O) groups is 2. The van der Waals surface area contributed by atoms with Crippen molar-refractivity contribution in [3.8, 4) is 0 Å². The van der Waals surface area contributed by atoms with Crippen molar-refractivity contribution >= 4 is 23.6 Å². The number of carboxylic acid groups (broad SMARTS) is 1. The molecule has 0 aromatic heterocycles. The molecule has 1 rings (SSSR count). The number of hydrogen-bond donors (Lipinski definition) is 2. The van der Waals surface area contributed by atoms with Crippen LogP contribution in [0.3, 0.4) is 0 Å². The third-order valence-corrected chi connectivity index (χ3v) is 3.64. The summed E-state index contributed by atoms with van der Waals surface area (Å²) < 4.78 is 0. The van der Waals surface area contributed by atoms with Gasteiger partial charge in [-0.3, -0.25) is 4.79 Å². The molecule has 1 saturated heterocycles. The molecular weight excluding hydrogens is 228 g/mol. The maximum atomic E-state index is 11.9. The fourth-order valence-corrected chi connectivity index (χ4v) is 2.76. The van der Waals surface area contributed by atoms with Crippen LogP contribution in [0.4, 0.5) is 0 Å². The molecule has 1 unspecified atom stereocenters. The minimum atomic E-state index is -0.941. The molecule has 3 N–H and O–H groups in total. The Kier molecular flexibility index (Phi) is 5.08. The highest BCUT2D eigenvalue weighted by molar-refractivity contribution is 7.99. The van der Waals surface area contributed by atoms with Gasteiger partial charge >= 0.3 is 5.97 Å². The lowest BCUT2D eigenvalue weighted by atomic mass is 10.1. The first kappa shape index (κ1) is 13.3. The van der Waals surface area contributed by atoms with E-state index in [1.165, 1.54) is 4.90 Å². The van der Waals surface area contributed by atoms with Crippen molar-refractivity contribution in [2.45, 2.75) is 31.8 Å². The van der Waals surface area contributed by atoms with Crippen LogP contribution in [0.1, 0.15) is 19.8 Å². The molecule has 16 heavy (non-hydrogen) atoms. The molecule has 0 saturated carbocycles. The van der Waals surface area contributed by atoms with Gasteiger partial charge in [-0.1, -0.05) is 13.3 Å². The van der Waals surface area contributed by atoms with E-state index in [2.05, 4.69) is 0 Å². The molecule has 92 valence electrons. The molecule has 1 heterocycles. The molecule has 1 aliphatic heterocycles. The molecule has 0 aromatic rings. The van der Waals surface area contributed by atoms with Crippen LogP contribution in [0.2, 0.25) is 0 Å². The lowest BCUT2D eigenvalue weighted by molar-refractivity contribution is -0.149. The monoisotopic (exact) mass is 246 g/mol. The number of amides is 1. The van der Waals surface area contributed by atoms with Gasteiger partial charge in [-0.2, -0.15) is 11.8 Å². The van der Waals surface area contributed by atoms with E-state index in [1.54, 1.807) is 11.8 Å². The fraction of sp³-hybridized carbons (Fsp3) is 0.800. The Labute approximate surface area is 99.4 Å². The van der Waals surface area contributed by atoms with Crippen LogP contribution in [0.15, 0.2) is 0 Å². The number of carbonyl (C=O) groups excluding carboxylic acids is 1. The number of aliphatic carboxylic acids is 1. The Morgan fingerprint density at radius 2 is 2.31 bits per heavy atom. The number of carboxylic acids is 1. The second kappa shape index (κ2) is 6.10. The summed E-state index contributed by atoms with van der Waals surface area (Å²) in [6.45, 7) is 2.44. The van der Waals surface area contributed by atoms with Crippen molar-refractivity contribution in [2.24, 2.45) is 5.73 Å². The molecule has 0 spiro atoms. The first-order valence-electron chi connectivity index (χ1n) is 5.44. The topological polar surface area (TPSA) is 83.6 Å². The van der Waals surface area contributed by atoms with Gasteiger partial charge in [-0.05, 0) is 6.42 Å². The highest BCUT2D eigenvalue weighted by atomic mass is 32.2. The van der Waals surface area contributed by atoms with Gasteiger partial charge in [0.15, 0.2) is 0 Å². The number of hydrogen-bond acceptors (Lipinski definition) is 4. The van der Waals surface area contributed by atoms with E-state index in [0.29, 0.717) is 18.7 Å². The van der Waals surface area contributed by atoms with E-state index in [4.69, 9.17) is 10.8 Å². The van der Waals surface area contributed by atoms with Gasteiger partial charge in [-0.15, -0.1) is 0 Å². The van der Waals surface area contributed by atoms with E-state index in [9.17, 15) is 9.59 Å². The quantitative estimate of drug-likeness (QED) is 0.737. The zero-order valence-electron chi connectivity index (χ0n) is 9.39. The SMILES string of the molecule is CCC[C@H](N)C(=O)N1CCSCC1C(=O)O. The summed E-state index contributed by atoms with van der Waals surface area (Å²) in [4.78, 5) is 24.3. The number of nitrogens with zero attached hydrogens (tertiary/aromatic N) is 1. The highest BCUT2D eigenvalue weighted by Crippen LogP contribution is 2.18. The summed E-state index contributed by atoms with van der Waals surface area (Å²) in [5, 5.41) is 9.02. The van der Waals surface area contributed by atoms with Crippen molar-refractivity contribution < 1.29 is 14.7 Å². The van der Waals surface area contributed by atoms with Gasteiger partial charge in [0.2, 0.25) is 5.91 Å². The minimum Gasteiger partial charge on any atom is -0.480 e. The maximum absolute atomic E-state index is 11.9. The molecule has 5 nitrogen and oxygen atoms in total. The van der Waals surface area contributed by atoms with Crippen LogP contribution in [-0.2, 0) is 9.59 Å². The summed E-state index contributed by atoms with van der Waals surface area (Å²) in [7, 11) is 0. The molecule has 2 atom stereocenters. The summed E-state index contributed by atoms with van der Waals surface area (Å²) >= 11 is 1.56. The lowest BCUT2D eigenvalue weighted by Crippen LogP contribution is -2.55. The van der Waals surface area contributed by atoms with Crippen LogP contribution < -0.4 is 5.73 Å². The molecule has 0 bridgehead atoms. The van der Waals surface area contributed by atoms with Crippen LogP contribution in [0, 0.1) is 0 Å². The molecule has 6 heteroatoms. The molecule has 0 radical (unpaired) electrons. The van der Waals surface area contributed by atoms with Crippen LogP contribution in [0.25, 0.3) is 0 Å². The van der Waals surface area contributed by atoms with Crippen molar-refractivity contribution in [2.75, 3.05) is 18.1 Å². The smallest absolute Gasteiger partial charge is 0.327 e. The van der Waals surface area contributed by atoms with Gasteiger partial charge in [0, 0.05) is 18.1 Å². The molecule has 0 aromatic carbocycles. The Morgan fingerprint density at radius 1 is 1.62 bits per heavy atom. The van der Waals surface area contributed by atoms with Crippen molar-refractivity contribution in [1.82, 2.24) is 4.90 Å². The zero-order chi connectivity index (χ0) is 12.1. The predicted octanol–water partition coefficient (Wildman–Crippen LogP) is 0.142. The van der Waals surface area contributed by atoms with Gasteiger partial charge in [0.05, 0.1) is 6.04 Å². The number of thioether (sulfide) groups is 1. The third-order valence-electron chi connectivity index (χ3n) is 2.61. The normalized spacial score (nSPS) is 22.9. The lowest BCUT2D eigenvalue weighted by Gasteiger charge is -2.34. The van der Waals surface area contributed by atoms with Crippen LogP contribution in [0.5, 0.6) is 0 Å². The standard InChI is InChI=1S/C10H18N2O3S/c1-2-3-7(11)9(13)12-4-5-16-6-8(12)10(14)15/h7-8H,2-6,11H2,1H3,(H,14,15)/t7-,8?/m0/s1. The maximum Gasteiger partial charge on any atom is 0.327 e. The van der Waals surface area contributed by atoms with Crippen molar-refractivity contribution in [3.05, 3.63) is 0 Å².